The number of hydrogen-bond acceptors (Lipinski definition) is 3. The summed E-state index contributed by atoms with van der Waals surface area (Å²) in [6, 6.07) is 5.18. The van der Waals surface area contributed by atoms with Crippen molar-refractivity contribution >= 4 is 29.2 Å². The van der Waals surface area contributed by atoms with Crippen molar-refractivity contribution in [3.63, 3.8) is 0 Å². The highest BCUT2D eigenvalue weighted by Crippen LogP contribution is 2.22. The second-order valence-corrected chi connectivity index (χ2v) is 5.51. The van der Waals surface area contributed by atoms with Crippen LogP contribution >= 0.6 is 23.2 Å². The molecule has 0 unspecified atom stereocenters. The van der Waals surface area contributed by atoms with Gasteiger partial charge in [-0.2, -0.15) is 0 Å². The van der Waals surface area contributed by atoms with Crippen molar-refractivity contribution in [3.05, 3.63) is 33.8 Å². The Balaban J connectivity index is 0.00000200. The molecule has 20 heavy (non-hydrogen) atoms. The van der Waals surface area contributed by atoms with Gasteiger partial charge >= 0.3 is 5.97 Å². The second kappa shape index (κ2) is 8.73. The van der Waals surface area contributed by atoms with Gasteiger partial charge in [-0.15, -0.1) is 0 Å². The van der Waals surface area contributed by atoms with Gasteiger partial charge in [-0.05, 0) is 43.6 Å². The van der Waals surface area contributed by atoms with Gasteiger partial charge in [0, 0.05) is 6.54 Å². The molecule has 1 aromatic rings. The molecule has 0 saturated carbocycles. The lowest BCUT2D eigenvalue weighted by atomic mass is 10.1. The normalized spacial score (nSPS) is 14.9. The average Bonchev–Trinajstić information content (AvgIpc) is 2.87. The number of esters is 1. The van der Waals surface area contributed by atoms with Crippen LogP contribution in [0.2, 0.25) is 10.0 Å². The molecule has 0 aliphatic carbocycles. The Morgan fingerprint density at radius 2 is 1.90 bits per heavy atom. The van der Waals surface area contributed by atoms with E-state index in [2.05, 4.69) is 4.90 Å². The highest BCUT2D eigenvalue weighted by Gasteiger charge is 2.12. The van der Waals surface area contributed by atoms with Crippen molar-refractivity contribution in [2.75, 3.05) is 26.2 Å². The van der Waals surface area contributed by atoms with Gasteiger partial charge in [-0.1, -0.05) is 29.3 Å². The smallest absolute Gasteiger partial charge is 0.310 e. The standard InChI is InChI=1S/C14H17Cl2NO2.ClH/c15-12-4-3-11(9-13(12)16)10-14(18)19-8-7-17-5-1-2-6-17;/h3-4,9H,1-2,5-8,10H2;1H/p-1. The van der Waals surface area contributed by atoms with E-state index in [-0.39, 0.29) is 24.8 Å². The molecule has 1 aliphatic heterocycles. The lowest BCUT2D eigenvalue weighted by Crippen LogP contribution is -3.00. The summed E-state index contributed by atoms with van der Waals surface area (Å²) in [7, 11) is 0. The van der Waals surface area contributed by atoms with Crippen LogP contribution in [-0.4, -0.2) is 37.1 Å². The first kappa shape index (κ1) is 17.6. The predicted molar refractivity (Wildman–Crippen MR) is 76.8 cm³/mol. The van der Waals surface area contributed by atoms with E-state index in [4.69, 9.17) is 27.9 Å². The monoisotopic (exact) mass is 336 g/mol. The molecule has 6 heteroatoms. The van der Waals surface area contributed by atoms with E-state index in [0.29, 0.717) is 16.7 Å². The van der Waals surface area contributed by atoms with Crippen molar-refractivity contribution in [2.24, 2.45) is 0 Å². The Bertz CT molecular complexity index is 448. The molecule has 0 atom stereocenters. The molecule has 0 spiro atoms. The number of carbonyl (C=O) groups is 1. The van der Waals surface area contributed by atoms with Gasteiger partial charge < -0.3 is 17.1 Å². The Hall–Kier alpha value is -0.480. The quantitative estimate of drug-likeness (QED) is 0.718. The number of rotatable bonds is 5. The lowest BCUT2D eigenvalue weighted by Gasteiger charge is -2.14. The topological polar surface area (TPSA) is 29.5 Å². The minimum atomic E-state index is -0.224. The van der Waals surface area contributed by atoms with Gasteiger partial charge in [-0.3, -0.25) is 9.69 Å². The molecule has 3 nitrogen and oxygen atoms in total. The van der Waals surface area contributed by atoms with Crippen molar-refractivity contribution in [1.82, 2.24) is 4.90 Å². The highest BCUT2D eigenvalue weighted by molar-refractivity contribution is 6.42. The number of nitrogens with zero attached hydrogens (tertiary/aromatic N) is 1. The van der Waals surface area contributed by atoms with E-state index >= 15 is 0 Å². The summed E-state index contributed by atoms with van der Waals surface area (Å²) in [5, 5.41) is 0.955. The van der Waals surface area contributed by atoms with Gasteiger partial charge in [0.05, 0.1) is 16.5 Å². The molecule has 1 heterocycles. The fourth-order valence-corrected chi connectivity index (χ4v) is 2.48. The molecule has 1 saturated heterocycles. The maximum Gasteiger partial charge on any atom is 0.310 e. The van der Waals surface area contributed by atoms with Crippen LogP contribution in [0.1, 0.15) is 18.4 Å². The van der Waals surface area contributed by atoms with Gasteiger partial charge in [0.15, 0.2) is 0 Å². The maximum absolute atomic E-state index is 11.7. The third-order valence-electron chi connectivity index (χ3n) is 3.20. The first-order valence-electron chi connectivity index (χ1n) is 6.47. The number of carbonyl (C=O) groups excluding carboxylic acids is 1. The summed E-state index contributed by atoms with van der Waals surface area (Å²) >= 11 is 11.7. The number of halogens is 3. The average molecular weight is 338 g/mol. The van der Waals surface area contributed by atoms with Crippen LogP contribution in [0.15, 0.2) is 18.2 Å². The molecule has 2 rings (SSSR count). The van der Waals surface area contributed by atoms with Crippen molar-refractivity contribution in [3.8, 4) is 0 Å². The number of ether oxygens (including phenoxy) is 1. The van der Waals surface area contributed by atoms with Crippen LogP contribution in [0, 0.1) is 0 Å². The van der Waals surface area contributed by atoms with Gasteiger partial charge in [0.25, 0.3) is 0 Å². The van der Waals surface area contributed by atoms with Gasteiger partial charge in [-0.25, -0.2) is 0 Å². The first-order chi connectivity index (χ1) is 9.15. The van der Waals surface area contributed by atoms with Crippen molar-refractivity contribution in [2.45, 2.75) is 19.3 Å². The highest BCUT2D eigenvalue weighted by atomic mass is 35.5. The first-order valence-corrected chi connectivity index (χ1v) is 7.22. The Kier molecular flexibility index (Phi) is 7.67. The minimum absolute atomic E-state index is 0. The second-order valence-electron chi connectivity index (χ2n) is 4.69. The van der Waals surface area contributed by atoms with Crippen molar-refractivity contribution < 1.29 is 21.9 Å². The summed E-state index contributed by atoms with van der Waals surface area (Å²) in [4.78, 5) is 14.0. The molecule has 0 radical (unpaired) electrons. The molecule has 0 amide bonds. The molecule has 1 aliphatic rings. The summed E-state index contributed by atoms with van der Waals surface area (Å²) in [5.74, 6) is -0.224. The zero-order chi connectivity index (χ0) is 13.7. The van der Waals surface area contributed by atoms with Crippen LogP contribution in [0.25, 0.3) is 0 Å². The van der Waals surface area contributed by atoms with Crippen LogP contribution in [0.3, 0.4) is 0 Å². The van der Waals surface area contributed by atoms with Crippen LogP contribution < -0.4 is 12.4 Å². The summed E-state index contributed by atoms with van der Waals surface area (Å²) in [5.41, 5.74) is 0.820. The summed E-state index contributed by atoms with van der Waals surface area (Å²) in [6.07, 6.45) is 2.73. The number of benzene rings is 1. The third kappa shape index (κ3) is 5.49. The molecule has 1 aromatic carbocycles. The predicted octanol–water partition coefficient (Wildman–Crippen LogP) is 0.179. The zero-order valence-electron chi connectivity index (χ0n) is 11.1. The number of hydrogen-bond donors (Lipinski definition) is 0. The van der Waals surface area contributed by atoms with E-state index in [1.165, 1.54) is 12.8 Å². The largest absolute Gasteiger partial charge is 1.00 e. The van der Waals surface area contributed by atoms with Crippen LogP contribution in [-0.2, 0) is 16.0 Å². The third-order valence-corrected chi connectivity index (χ3v) is 3.94. The SMILES string of the molecule is O=C(Cc1ccc(Cl)c(Cl)c1)OCCN1CCCC1.[Cl-]. The van der Waals surface area contributed by atoms with Gasteiger partial charge in [0.1, 0.15) is 6.61 Å². The van der Waals surface area contributed by atoms with E-state index in [1.807, 2.05) is 0 Å². The van der Waals surface area contributed by atoms with Crippen LogP contribution in [0.4, 0.5) is 0 Å². The molecule has 112 valence electrons. The van der Waals surface area contributed by atoms with Crippen LogP contribution in [0.5, 0.6) is 0 Å². The fourth-order valence-electron chi connectivity index (χ4n) is 2.16. The zero-order valence-corrected chi connectivity index (χ0v) is 13.3. The number of likely N-dealkylation sites (tertiary alicyclic amines) is 1. The molecule has 0 N–H and O–H groups in total. The Morgan fingerprint density at radius 1 is 1.20 bits per heavy atom. The molecule has 0 bridgehead atoms. The van der Waals surface area contributed by atoms with E-state index in [0.717, 1.165) is 25.2 Å². The van der Waals surface area contributed by atoms with E-state index < -0.39 is 0 Å². The molecule has 0 aromatic heterocycles. The van der Waals surface area contributed by atoms with E-state index in [9.17, 15) is 4.79 Å². The summed E-state index contributed by atoms with van der Waals surface area (Å²) in [6.45, 7) is 3.52. The minimum Gasteiger partial charge on any atom is -1.00 e. The lowest BCUT2D eigenvalue weighted by molar-refractivity contribution is -0.143. The van der Waals surface area contributed by atoms with Gasteiger partial charge in [0.2, 0.25) is 0 Å². The summed E-state index contributed by atoms with van der Waals surface area (Å²) < 4.78 is 5.22. The van der Waals surface area contributed by atoms with Crippen molar-refractivity contribution in [1.29, 1.82) is 0 Å². The molecular formula is C14H17Cl3NO2-. The van der Waals surface area contributed by atoms with E-state index in [1.54, 1.807) is 18.2 Å². The molecular weight excluding hydrogens is 321 g/mol. The Morgan fingerprint density at radius 3 is 2.55 bits per heavy atom. The fraction of sp³-hybridized carbons (Fsp3) is 0.500. The maximum atomic E-state index is 11.7. The molecule has 1 fully saturated rings. The Labute approximate surface area is 135 Å².